The van der Waals surface area contributed by atoms with E-state index in [1.54, 1.807) is 16.7 Å². The van der Waals surface area contributed by atoms with Crippen LogP contribution in [0.5, 0.6) is 0 Å². The fourth-order valence-electron chi connectivity index (χ4n) is 3.36. The number of carbonyl (C=O) groups excluding carboxylic acids is 1. The third-order valence-corrected chi connectivity index (χ3v) is 6.70. The zero-order chi connectivity index (χ0) is 22.9. The Morgan fingerprint density at radius 2 is 1.64 bits per heavy atom. The highest BCUT2D eigenvalue weighted by molar-refractivity contribution is 7.21. The topological polar surface area (TPSA) is 92.7 Å². The zero-order valence-corrected chi connectivity index (χ0v) is 19.8. The molecule has 0 radical (unpaired) electrons. The van der Waals surface area contributed by atoms with Gasteiger partial charge < -0.3 is 10.6 Å². The number of nitrogens with zero attached hydrogens (tertiary/aromatic N) is 4. The van der Waals surface area contributed by atoms with Gasteiger partial charge in [0.05, 0.1) is 10.2 Å². The Balaban J connectivity index is 1.27. The van der Waals surface area contributed by atoms with Gasteiger partial charge in [0, 0.05) is 28.0 Å². The first-order valence-electron chi connectivity index (χ1n) is 10.3. The number of hydrogen-bond donors (Lipinski definition) is 2. The summed E-state index contributed by atoms with van der Waals surface area (Å²) in [5.74, 6) is 0.193. The van der Waals surface area contributed by atoms with Crippen LogP contribution in [0.25, 0.3) is 20.8 Å². The van der Waals surface area contributed by atoms with Gasteiger partial charge in [0.15, 0.2) is 5.13 Å². The van der Waals surface area contributed by atoms with Crippen LogP contribution in [-0.4, -0.2) is 25.8 Å². The summed E-state index contributed by atoms with van der Waals surface area (Å²) in [5.41, 5.74) is 5.99. The van der Waals surface area contributed by atoms with Crippen LogP contribution in [0.3, 0.4) is 0 Å². The molecule has 0 spiro atoms. The predicted octanol–water partition coefficient (Wildman–Crippen LogP) is 6.13. The van der Waals surface area contributed by atoms with Crippen molar-refractivity contribution >= 4 is 55.6 Å². The van der Waals surface area contributed by atoms with Crippen molar-refractivity contribution in [3.63, 3.8) is 0 Å². The van der Waals surface area contributed by atoms with E-state index in [4.69, 9.17) is 4.98 Å². The third kappa shape index (κ3) is 4.74. The van der Waals surface area contributed by atoms with E-state index in [-0.39, 0.29) is 5.91 Å². The largest absolute Gasteiger partial charge is 0.321 e. The second-order valence-electron chi connectivity index (χ2n) is 7.66. The molecule has 0 aliphatic rings. The van der Waals surface area contributed by atoms with E-state index in [0.29, 0.717) is 22.5 Å². The molecule has 1 amide bonds. The summed E-state index contributed by atoms with van der Waals surface area (Å²) in [4.78, 5) is 30.4. The Morgan fingerprint density at radius 1 is 0.879 bits per heavy atom. The number of aromatic nitrogens is 4. The Bertz CT molecular complexity index is 1450. The molecule has 5 aromatic rings. The lowest BCUT2D eigenvalue weighted by Gasteiger charge is -2.04. The average molecular weight is 473 g/mol. The molecule has 0 fully saturated rings. The molecule has 5 rings (SSSR count). The first kappa shape index (κ1) is 21.2. The van der Waals surface area contributed by atoms with Crippen LogP contribution >= 0.6 is 22.7 Å². The Hall–Kier alpha value is -3.69. The zero-order valence-electron chi connectivity index (χ0n) is 18.2. The van der Waals surface area contributed by atoms with Gasteiger partial charge in [0.2, 0.25) is 5.95 Å². The lowest BCUT2D eigenvalue weighted by molar-refractivity contribution is 0.102. The molecule has 0 saturated heterocycles. The minimum Gasteiger partial charge on any atom is -0.321 e. The van der Waals surface area contributed by atoms with Crippen molar-refractivity contribution in [2.75, 3.05) is 10.6 Å². The van der Waals surface area contributed by atoms with Gasteiger partial charge in [-0.1, -0.05) is 6.07 Å². The number of fused-ring (bicyclic) bond motifs is 1. The SMILES string of the molecule is Cc1ccc2nc(-c3ccc(NC(=O)c4csc(Nc5nc(C)cc(C)n5)n4)cc3)sc2c1. The van der Waals surface area contributed by atoms with Gasteiger partial charge in [-0.15, -0.1) is 22.7 Å². The minimum atomic E-state index is -0.274. The highest BCUT2D eigenvalue weighted by atomic mass is 32.1. The van der Waals surface area contributed by atoms with Gasteiger partial charge in [-0.2, -0.15) is 0 Å². The van der Waals surface area contributed by atoms with Crippen molar-refractivity contribution in [1.29, 1.82) is 0 Å². The monoisotopic (exact) mass is 472 g/mol. The van der Waals surface area contributed by atoms with Crippen molar-refractivity contribution in [3.8, 4) is 10.6 Å². The molecule has 0 atom stereocenters. The van der Waals surface area contributed by atoms with Crippen molar-refractivity contribution in [2.24, 2.45) is 0 Å². The van der Waals surface area contributed by atoms with E-state index >= 15 is 0 Å². The average Bonchev–Trinajstić information content (AvgIpc) is 3.40. The van der Waals surface area contributed by atoms with Gasteiger partial charge in [0.25, 0.3) is 5.91 Å². The van der Waals surface area contributed by atoms with Crippen LogP contribution in [0.1, 0.15) is 27.4 Å². The number of benzene rings is 2. The Kier molecular flexibility index (Phi) is 5.57. The number of amides is 1. The van der Waals surface area contributed by atoms with E-state index in [9.17, 15) is 4.79 Å². The third-order valence-electron chi connectivity index (χ3n) is 4.87. The number of aryl methyl sites for hydroxylation is 3. The summed E-state index contributed by atoms with van der Waals surface area (Å²) in [6.45, 7) is 5.89. The lowest BCUT2D eigenvalue weighted by Crippen LogP contribution is -2.12. The summed E-state index contributed by atoms with van der Waals surface area (Å²) in [6.07, 6.45) is 0. The standard InChI is InChI=1S/C24H20N6OS2/c1-13-4-9-18-20(10-13)33-22(28-18)16-5-7-17(8-6-16)27-21(31)19-12-32-24(29-19)30-23-25-14(2)11-15(3)26-23/h4-12H,1-3H3,(H,27,31)(H,25,26,29,30). The maximum atomic E-state index is 12.7. The first-order chi connectivity index (χ1) is 15.9. The van der Waals surface area contributed by atoms with Crippen molar-refractivity contribution in [1.82, 2.24) is 19.9 Å². The molecule has 3 aromatic heterocycles. The second-order valence-corrected chi connectivity index (χ2v) is 9.55. The van der Waals surface area contributed by atoms with Crippen molar-refractivity contribution < 1.29 is 4.79 Å². The van der Waals surface area contributed by atoms with Crippen LogP contribution in [0.4, 0.5) is 16.8 Å². The normalized spacial score (nSPS) is 11.0. The molecular formula is C24H20N6OS2. The van der Waals surface area contributed by atoms with Gasteiger partial charge in [-0.05, 0) is 68.8 Å². The molecule has 2 aromatic carbocycles. The molecule has 7 nitrogen and oxygen atoms in total. The molecule has 9 heteroatoms. The molecule has 164 valence electrons. The summed E-state index contributed by atoms with van der Waals surface area (Å²) in [5, 5.41) is 9.18. The Labute approximate surface area is 198 Å². The van der Waals surface area contributed by atoms with Gasteiger partial charge in [-0.25, -0.2) is 19.9 Å². The summed E-state index contributed by atoms with van der Waals surface area (Å²) in [7, 11) is 0. The molecule has 0 bridgehead atoms. The number of nitrogens with one attached hydrogen (secondary N) is 2. The van der Waals surface area contributed by atoms with E-state index in [0.717, 1.165) is 27.5 Å². The molecule has 0 aliphatic heterocycles. The number of carbonyl (C=O) groups is 1. The summed E-state index contributed by atoms with van der Waals surface area (Å²) in [6, 6.07) is 15.8. The minimum absolute atomic E-state index is 0.274. The molecular weight excluding hydrogens is 452 g/mol. The molecule has 0 aliphatic carbocycles. The molecule has 2 N–H and O–H groups in total. The lowest BCUT2D eigenvalue weighted by atomic mass is 10.2. The van der Waals surface area contributed by atoms with Crippen molar-refractivity contribution in [3.05, 3.63) is 76.6 Å². The highest BCUT2D eigenvalue weighted by Crippen LogP contribution is 2.31. The van der Waals surface area contributed by atoms with Gasteiger partial charge in [-0.3, -0.25) is 4.79 Å². The van der Waals surface area contributed by atoms with Crippen LogP contribution < -0.4 is 10.6 Å². The maximum Gasteiger partial charge on any atom is 0.275 e. The number of anilines is 3. The fourth-order valence-corrected chi connectivity index (χ4v) is 5.11. The van der Waals surface area contributed by atoms with Gasteiger partial charge >= 0.3 is 0 Å². The Morgan fingerprint density at radius 3 is 2.39 bits per heavy atom. The van der Waals surface area contributed by atoms with Crippen LogP contribution in [0, 0.1) is 20.8 Å². The fraction of sp³-hybridized carbons (Fsp3) is 0.125. The second kappa shape index (κ2) is 8.68. The summed E-state index contributed by atoms with van der Waals surface area (Å²) >= 11 is 2.99. The quantitative estimate of drug-likeness (QED) is 0.320. The maximum absolute atomic E-state index is 12.7. The molecule has 0 unspecified atom stereocenters. The first-order valence-corrected chi connectivity index (χ1v) is 12.0. The molecule has 3 heterocycles. The number of rotatable bonds is 5. The predicted molar refractivity (Wildman–Crippen MR) is 135 cm³/mol. The van der Waals surface area contributed by atoms with Crippen LogP contribution in [0.2, 0.25) is 0 Å². The highest BCUT2D eigenvalue weighted by Gasteiger charge is 2.13. The molecule has 0 saturated carbocycles. The van der Waals surface area contributed by atoms with E-state index < -0.39 is 0 Å². The molecule has 33 heavy (non-hydrogen) atoms. The van der Waals surface area contributed by atoms with E-state index in [1.165, 1.54) is 21.6 Å². The van der Waals surface area contributed by atoms with Crippen LogP contribution in [-0.2, 0) is 0 Å². The van der Waals surface area contributed by atoms with E-state index in [1.807, 2.05) is 50.2 Å². The van der Waals surface area contributed by atoms with Crippen molar-refractivity contribution in [2.45, 2.75) is 20.8 Å². The number of hydrogen-bond acceptors (Lipinski definition) is 8. The van der Waals surface area contributed by atoms with E-state index in [2.05, 4.69) is 44.6 Å². The number of thiazole rings is 2. The smallest absolute Gasteiger partial charge is 0.275 e. The van der Waals surface area contributed by atoms with Gasteiger partial charge in [0.1, 0.15) is 10.7 Å². The van der Waals surface area contributed by atoms with Crippen LogP contribution in [0.15, 0.2) is 53.9 Å². The summed E-state index contributed by atoms with van der Waals surface area (Å²) < 4.78 is 1.17.